The SMILES string of the molecule is CN(C)c1ccc(CCNC(=O)CCc2ccccc2)cc1. The number of carbonyl (C=O) groups is 1. The van der Waals surface area contributed by atoms with Gasteiger partial charge >= 0.3 is 0 Å². The second-order valence-corrected chi connectivity index (χ2v) is 5.65. The first-order valence-corrected chi connectivity index (χ1v) is 7.72. The van der Waals surface area contributed by atoms with Gasteiger partial charge in [0.05, 0.1) is 0 Å². The summed E-state index contributed by atoms with van der Waals surface area (Å²) >= 11 is 0. The van der Waals surface area contributed by atoms with Crippen LogP contribution < -0.4 is 10.2 Å². The molecule has 1 amide bonds. The molecule has 3 nitrogen and oxygen atoms in total. The molecule has 0 aromatic heterocycles. The van der Waals surface area contributed by atoms with E-state index in [-0.39, 0.29) is 5.91 Å². The third-order valence-electron chi connectivity index (χ3n) is 3.67. The zero-order chi connectivity index (χ0) is 15.8. The van der Waals surface area contributed by atoms with Gasteiger partial charge in [0, 0.05) is 32.7 Å². The van der Waals surface area contributed by atoms with E-state index in [1.165, 1.54) is 16.8 Å². The zero-order valence-electron chi connectivity index (χ0n) is 13.4. The van der Waals surface area contributed by atoms with Crippen LogP contribution >= 0.6 is 0 Å². The van der Waals surface area contributed by atoms with Crippen LogP contribution in [0.5, 0.6) is 0 Å². The lowest BCUT2D eigenvalue weighted by Crippen LogP contribution is -2.25. The molecular formula is C19H24N2O. The Kier molecular flexibility index (Phi) is 6.01. The summed E-state index contributed by atoms with van der Waals surface area (Å²) in [5.41, 5.74) is 3.64. The molecular weight excluding hydrogens is 272 g/mol. The molecule has 0 aliphatic rings. The predicted octanol–water partition coefficient (Wildman–Crippen LogP) is 3.04. The number of benzene rings is 2. The minimum absolute atomic E-state index is 0.119. The van der Waals surface area contributed by atoms with E-state index in [9.17, 15) is 4.79 Å². The highest BCUT2D eigenvalue weighted by atomic mass is 16.1. The lowest BCUT2D eigenvalue weighted by molar-refractivity contribution is -0.121. The van der Waals surface area contributed by atoms with Gasteiger partial charge in [-0.1, -0.05) is 42.5 Å². The van der Waals surface area contributed by atoms with E-state index in [1.807, 2.05) is 32.3 Å². The molecule has 2 rings (SSSR count). The standard InChI is InChI=1S/C19H24N2O/c1-21(2)18-11-8-17(9-12-18)14-15-20-19(22)13-10-16-6-4-3-5-7-16/h3-9,11-12H,10,13-15H2,1-2H3,(H,20,22). The van der Waals surface area contributed by atoms with Crippen LogP contribution in [-0.4, -0.2) is 26.5 Å². The fraction of sp³-hybridized carbons (Fsp3) is 0.316. The van der Waals surface area contributed by atoms with Crippen molar-refractivity contribution in [1.29, 1.82) is 0 Å². The number of nitrogens with zero attached hydrogens (tertiary/aromatic N) is 1. The Morgan fingerprint density at radius 1 is 0.909 bits per heavy atom. The molecule has 3 heteroatoms. The predicted molar refractivity (Wildman–Crippen MR) is 92.2 cm³/mol. The summed E-state index contributed by atoms with van der Waals surface area (Å²) in [7, 11) is 4.06. The second-order valence-electron chi connectivity index (χ2n) is 5.65. The van der Waals surface area contributed by atoms with Crippen molar-refractivity contribution in [3.05, 3.63) is 65.7 Å². The molecule has 0 saturated carbocycles. The van der Waals surface area contributed by atoms with Crippen molar-refractivity contribution in [2.75, 3.05) is 25.5 Å². The molecule has 0 radical (unpaired) electrons. The van der Waals surface area contributed by atoms with Crippen LogP contribution in [0.1, 0.15) is 17.5 Å². The minimum Gasteiger partial charge on any atom is -0.378 e. The van der Waals surface area contributed by atoms with Crippen molar-refractivity contribution in [2.24, 2.45) is 0 Å². The Balaban J connectivity index is 1.68. The summed E-state index contributed by atoms with van der Waals surface area (Å²) in [6, 6.07) is 18.6. The molecule has 2 aromatic carbocycles. The average molecular weight is 296 g/mol. The first-order chi connectivity index (χ1) is 10.6. The number of hydrogen-bond acceptors (Lipinski definition) is 2. The van der Waals surface area contributed by atoms with Gasteiger partial charge in [0.25, 0.3) is 0 Å². The van der Waals surface area contributed by atoms with Crippen LogP contribution in [0, 0.1) is 0 Å². The zero-order valence-corrected chi connectivity index (χ0v) is 13.4. The first-order valence-electron chi connectivity index (χ1n) is 7.72. The molecule has 0 saturated heterocycles. The third kappa shape index (κ3) is 5.24. The summed E-state index contributed by atoms with van der Waals surface area (Å²) in [5, 5.41) is 2.99. The highest BCUT2D eigenvalue weighted by Crippen LogP contribution is 2.12. The number of aryl methyl sites for hydroxylation is 1. The fourth-order valence-electron chi connectivity index (χ4n) is 2.30. The molecule has 0 bridgehead atoms. The van der Waals surface area contributed by atoms with Crippen molar-refractivity contribution >= 4 is 11.6 Å². The van der Waals surface area contributed by atoms with Gasteiger partial charge in [-0.25, -0.2) is 0 Å². The van der Waals surface area contributed by atoms with Gasteiger partial charge in [0.2, 0.25) is 5.91 Å². The van der Waals surface area contributed by atoms with Crippen LogP contribution in [0.2, 0.25) is 0 Å². The maximum absolute atomic E-state index is 11.8. The third-order valence-corrected chi connectivity index (χ3v) is 3.67. The lowest BCUT2D eigenvalue weighted by atomic mass is 10.1. The number of rotatable bonds is 7. The van der Waals surface area contributed by atoms with Gasteiger partial charge in [-0.15, -0.1) is 0 Å². The molecule has 2 aromatic rings. The van der Waals surface area contributed by atoms with E-state index in [0.717, 1.165) is 12.8 Å². The lowest BCUT2D eigenvalue weighted by Gasteiger charge is -2.12. The van der Waals surface area contributed by atoms with Crippen LogP contribution in [-0.2, 0) is 17.6 Å². The Bertz CT molecular complexity index is 576. The summed E-state index contributed by atoms with van der Waals surface area (Å²) < 4.78 is 0. The van der Waals surface area contributed by atoms with Crippen LogP contribution in [0.4, 0.5) is 5.69 Å². The fourth-order valence-corrected chi connectivity index (χ4v) is 2.30. The summed E-state index contributed by atoms with van der Waals surface area (Å²) in [5.74, 6) is 0.119. The van der Waals surface area contributed by atoms with Crippen LogP contribution in [0.25, 0.3) is 0 Å². The molecule has 0 unspecified atom stereocenters. The topological polar surface area (TPSA) is 32.3 Å². The van der Waals surface area contributed by atoms with Crippen molar-refractivity contribution < 1.29 is 4.79 Å². The number of amides is 1. The largest absolute Gasteiger partial charge is 0.378 e. The molecule has 1 N–H and O–H groups in total. The molecule has 0 spiro atoms. The van der Waals surface area contributed by atoms with E-state index in [1.54, 1.807) is 0 Å². The Morgan fingerprint density at radius 3 is 2.18 bits per heavy atom. The summed E-state index contributed by atoms with van der Waals surface area (Å²) in [6.07, 6.45) is 2.21. The summed E-state index contributed by atoms with van der Waals surface area (Å²) in [6.45, 7) is 0.689. The number of hydrogen-bond donors (Lipinski definition) is 1. The molecule has 0 heterocycles. The first kappa shape index (κ1) is 16.1. The Hall–Kier alpha value is -2.29. The monoisotopic (exact) mass is 296 g/mol. The smallest absolute Gasteiger partial charge is 0.220 e. The summed E-state index contributed by atoms with van der Waals surface area (Å²) in [4.78, 5) is 13.9. The maximum atomic E-state index is 11.8. The maximum Gasteiger partial charge on any atom is 0.220 e. The molecule has 0 aliphatic heterocycles. The van der Waals surface area contributed by atoms with E-state index in [0.29, 0.717) is 13.0 Å². The van der Waals surface area contributed by atoms with E-state index >= 15 is 0 Å². The Labute approximate surface area is 133 Å². The van der Waals surface area contributed by atoms with Gasteiger partial charge in [-0.2, -0.15) is 0 Å². The van der Waals surface area contributed by atoms with E-state index in [2.05, 4.69) is 46.6 Å². The number of carbonyl (C=O) groups excluding carboxylic acids is 1. The van der Waals surface area contributed by atoms with Crippen molar-refractivity contribution in [3.63, 3.8) is 0 Å². The van der Waals surface area contributed by atoms with Crippen molar-refractivity contribution in [2.45, 2.75) is 19.3 Å². The van der Waals surface area contributed by atoms with Crippen molar-refractivity contribution in [3.8, 4) is 0 Å². The van der Waals surface area contributed by atoms with Crippen LogP contribution in [0.3, 0.4) is 0 Å². The molecule has 116 valence electrons. The van der Waals surface area contributed by atoms with Gasteiger partial charge in [0.1, 0.15) is 0 Å². The Morgan fingerprint density at radius 2 is 1.55 bits per heavy atom. The van der Waals surface area contributed by atoms with Gasteiger partial charge in [0.15, 0.2) is 0 Å². The molecule has 0 aliphatic carbocycles. The number of nitrogens with one attached hydrogen (secondary N) is 1. The van der Waals surface area contributed by atoms with Crippen LogP contribution in [0.15, 0.2) is 54.6 Å². The highest BCUT2D eigenvalue weighted by molar-refractivity contribution is 5.76. The number of anilines is 1. The van der Waals surface area contributed by atoms with Gasteiger partial charge in [-0.3, -0.25) is 4.79 Å². The molecule has 0 atom stereocenters. The van der Waals surface area contributed by atoms with Gasteiger partial charge in [-0.05, 0) is 36.1 Å². The second kappa shape index (κ2) is 8.23. The van der Waals surface area contributed by atoms with Gasteiger partial charge < -0.3 is 10.2 Å². The van der Waals surface area contributed by atoms with E-state index in [4.69, 9.17) is 0 Å². The highest BCUT2D eigenvalue weighted by Gasteiger charge is 2.02. The average Bonchev–Trinajstić information content (AvgIpc) is 2.54. The van der Waals surface area contributed by atoms with Crippen molar-refractivity contribution in [1.82, 2.24) is 5.32 Å². The normalized spacial score (nSPS) is 10.3. The quantitative estimate of drug-likeness (QED) is 0.851. The van der Waals surface area contributed by atoms with E-state index < -0.39 is 0 Å². The molecule has 0 fully saturated rings. The minimum atomic E-state index is 0.119. The molecule has 22 heavy (non-hydrogen) atoms.